The van der Waals surface area contributed by atoms with Crippen LogP contribution in [-0.4, -0.2) is 81.5 Å². The highest BCUT2D eigenvalue weighted by atomic mass is 16.7. The first kappa shape index (κ1) is 12.8. The minimum absolute atomic E-state index is 0.873. The van der Waals surface area contributed by atoms with Crippen molar-refractivity contribution in [3.05, 3.63) is 0 Å². The van der Waals surface area contributed by atoms with E-state index in [2.05, 4.69) is 0 Å². The molecule has 5 N–H and O–H groups in total. The number of likely N-dealkylation sites (N-methyl/N-ethyl adjacent to an activating group) is 1. The topological polar surface area (TPSA) is 114 Å². The van der Waals surface area contributed by atoms with Gasteiger partial charge in [0.15, 0.2) is 0 Å². The van der Waals surface area contributed by atoms with Gasteiger partial charge in [-0.1, -0.05) is 0 Å². The van der Waals surface area contributed by atoms with Crippen LogP contribution in [0.25, 0.3) is 0 Å². The van der Waals surface area contributed by atoms with E-state index >= 15 is 0 Å². The molecular formula is C8H17NO6. The Labute approximate surface area is 87.1 Å². The third kappa shape index (κ3) is 2.13. The molecule has 1 saturated heterocycles. The van der Waals surface area contributed by atoms with E-state index < -0.39 is 36.9 Å². The lowest BCUT2D eigenvalue weighted by atomic mass is 9.95. The van der Waals surface area contributed by atoms with Crippen molar-refractivity contribution < 1.29 is 30.3 Å². The normalized spacial score (nSPS) is 47.2. The second kappa shape index (κ2) is 4.30. The van der Waals surface area contributed by atoms with Gasteiger partial charge in [-0.05, 0) is 14.1 Å². The summed E-state index contributed by atoms with van der Waals surface area (Å²) in [6.07, 6.45) is -5.70. The molecule has 1 aliphatic heterocycles. The quantitative estimate of drug-likeness (QED) is 0.332. The molecule has 7 nitrogen and oxygen atoms in total. The number of ether oxygens (including phenoxy) is 1. The molecule has 0 radical (unpaired) electrons. The zero-order chi connectivity index (χ0) is 11.8. The Morgan fingerprint density at radius 2 is 1.73 bits per heavy atom. The minimum atomic E-state index is -2.26. The molecule has 0 aromatic carbocycles. The van der Waals surface area contributed by atoms with Gasteiger partial charge in [0, 0.05) is 0 Å². The van der Waals surface area contributed by atoms with Crippen molar-refractivity contribution in [1.29, 1.82) is 0 Å². The van der Waals surface area contributed by atoms with Crippen LogP contribution in [0.3, 0.4) is 0 Å². The first-order valence-electron chi connectivity index (χ1n) is 4.55. The summed E-state index contributed by atoms with van der Waals surface area (Å²) in [5, 5.41) is 46.9. The largest absolute Gasteiger partial charge is 0.391 e. The summed E-state index contributed by atoms with van der Waals surface area (Å²) in [4.78, 5) is 1.42. The van der Waals surface area contributed by atoms with Crippen molar-refractivity contribution >= 4 is 0 Å². The molecule has 1 unspecified atom stereocenters. The van der Waals surface area contributed by atoms with Crippen LogP contribution in [0.15, 0.2) is 0 Å². The summed E-state index contributed by atoms with van der Waals surface area (Å²) in [6, 6.07) is 0. The number of aliphatic hydroxyl groups is 5. The highest BCUT2D eigenvalue weighted by Gasteiger charge is 2.53. The Morgan fingerprint density at radius 3 is 2.13 bits per heavy atom. The fourth-order valence-corrected chi connectivity index (χ4v) is 1.51. The first-order chi connectivity index (χ1) is 6.83. The Kier molecular flexibility index (Phi) is 3.67. The molecule has 1 rings (SSSR count). The van der Waals surface area contributed by atoms with E-state index in [1.165, 1.54) is 4.90 Å². The highest BCUT2D eigenvalue weighted by molar-refractivity contribution is 4.94. The maximum absolute atomic E-state index is 9.64. The number of aliphatic hydroxyl groups excluding tert-OH is 4. The van der Waals surface area contributed by atoms with Crippen molar-refractivity contribution in [2.24, 2.45) is 0 Å². The van der Waals surface area contributed by atoms with E-state index in [0.717, 1.165) is 0 Å². The molecule has 0 amide bonds. The maximum Gasteiger partial charge on any atom is 0.220 e. The smallest absolute Gasteiger partial charge is 0.220 e. The van der Waals surface area contributed by atoms with Crippen molar-refractivity contribution in [3.63, 3.8) is 0 Å². The lowest BCUT2D eigenvalue weighted by Crippen LogP contribution is -2.68. The van der Waals surface area contributed by atoms with Gasteiger partial charge >= 0.3 is 0 Å². The highest BCUT2D eigenvalue weighted by Crippen LogP contribution is 2.28. The van der Waals surface area contributed by atoms with Gasteiger partial charge in [-0.3, -0.25) is 4.90 Å². The fourth-order valence-electron chi connectivity index (χ4n) is 1.51. The standard InChI is InChI=1S/C8H17NO6/c1-9(2)7-5(12)4(11)6(13)8(14,3-10)15-7/h4-7,10-14H,3H2,1-2H3/t4-,5+,6+,7?,8+/m1/s1. The van der Waals surface area contributed by atoms with Gasteiger partial charge in [-0.25, -0.2) is 0 Å². The number of hydrogen-bond acceptors (Lipinski definition) is 7. The molecular weight excluding hydrogens is 206 g/mol. The van der Waals surface area contributed by atoms with Crippen molar-refractivity contribution in [2.75, 3.05) is 20.7 Å². The van der Waals surface area contributed by atoms with Gasteiger partial charge < -0.3 is 30.3 Å². The zero-order valence-corrected chi connectivity index (χ0v) is 8.61. The summed E-state index contributed by atoms with van der Waals surface area (Å²) < 4.78 is 4.95. The average Bonchev–Trinajstić information content (AvgIpc) is 2.20. The first-order valence-corrected chi connectivity index (χ1v) is 4.55. The van der Waals surface area contributed by atoms with Gasteiger partial charge in [-0.15, -0.1) is 0 Å². The summed E-state index contributed by atoms with van der Waals surface area (Å²) in [5.74, 6) is -2.26. The molecule has 0 spiro atoms. The van der Waals surface area contributed by atoms with Crippen LogP contribution in [-0.2, 0) is 4.74 Å². The molecule has 0 aliphatic carbocycles. The van der Waals surface area contributed by atoms with Crippen LogP contribution >= 0.6 is 0 Å². The van der Waals surface area contributed by atoms with E-state index in [1.54, 1.807) is 14.1 Å². The zero-order valence-electron chi connectivity index (χ0n) is 8.61. The van der Waals surface area contributed by atoms with Gasteiger partial charge in [0.1, 0.15) is 24.5 Å². The van der Waals surface area contributed by atoms with Crippen molar-refractivity contribution in [3.8, 4) is 0 Å². The predicted molar refractivity (Wildman–Crippen MR) is 48.6 cm³/mol. The van der Waals surface area contributed by atoms with E-state index in [-0.39, 0.29) is 0 Å². The summed E-state index contributed by atoms with van der Waals surface area (Å²) in [7, 11) is 3.13. The monoisotopic (exact) mass is 223 g/mol. The van der Waals surface area contributed by atoms with Crippen LogP contribution in [0.1, 0.15) is 0 Å². The minimum Gasteiger partial charge on any atom is -0.391 e. The Hall–Kier alpha value is -0.280. The van der Waals surface area contributed by atoms with Crippen LogP contribution in [0, 0.1) is 0 Å². The molecule has 1 aliphatic rings. The molecule has 5 atom stereocenters. The van der Waals surface area contributed by atoms with Gasteiger partial charge in [-0.2, -0.15) is 0 Å². The van der Waals surface area contributed by atoms with Gasteiger partial charge in [0.2, 0.25) is 5.79 Å². The molecule has 0 aromatic rings. The molecule has 15 heavy (non-hydrogen) atoms. The van der Waals surface area contributed by atoms with E-state index in [9.17, 15) is 20.4 Å². The molecule has 7 heteroatoms. The summed E-state index contributed by atoms with van der Waals surface area (Å²) >= 11 is 0. The van der Waals surface area contributed by atoms with E-state index in [0.29, 0.717) is 0 Å². The summed E-state index contributed by atoms with van der Waals surface area (Å²) in [5.41, 5.74) is 0. The second-order valence-electron chi connectivity index (χ2n) is 3.90. The third-order valence-electron chi connectivity index (χ3n) is 2.49. The number of nitrogens with zero attached hydrogens (tertiary/aromatic N) is 1. The Bertz CT molecular complexity index is 225. The SMILES string of the molecule is CN(C)C1O[C@@](O)(CO)[C@@H](O)[C@H](O)[C@@H]1O. The third-order valence-corrected chi connectivity index (χ3v) is 2.49. The average molecular weight is 223 g/mol. The van der Waals surface area contributed by atoms with Crippen LogP contribution in [0.4, 0.5) is 0 Å². The van der Waals surface area contributed by atoms with Crippen LogP contribution in [0.5, 0.6) is 0 Å². The Morgan fingerprint density at radius 1 is 1.20 bits per heavy atom. The molecule has 0 saturated carbocycles. The maximum atomic E-state index is 9.64. The lowest BCUT2D eigenvalue weighted by molar-refractivity contribution is -0.372. The van der Waals surface area contributed by atoms with Crippen molar-refractivity contribution in [2.45, 2.75) is 30.3 Å². The summed E-state index contributed by atoms with van der Waals surface area (Å²) in [6.45, 7) is -0.873. The number of hydrogen-bond donors (Lipinski definition) is 5. The molecule has 0 aromatic heterocycles. The lowest BCUT2D eigenvalue weighted by Gasteiger charge is -2.46. The van der Waals surface area contributed by atoms with Crippen LogP contribution in [0.2, 0.25) is 0 Å². The van der Waals surface area contributed by atoms with E-state index in [1.807, 2.05) is 0 Å². The predicted octanol–water partition coefficient (Wildman–Crippen LogP) is -3.33. The molecule has 0 bridgehead atoms. The van der Waals surface area contributed by atoms with Gasteiger partial charge in [0.05, 0.1) is 6.61 Å². The molecule has 1 heterocycles. The Balaban J connectivity index is 2.90. The molecule has 1 fully saturated rings. The van der Waals surface area contributed by atoms with Gasteiger partial charge in [0.25, 0.3) is 0 Å². The second-order valence-corrected chi connectivity index (χ2v) is 3.90. The van der Waals surface area contributed by atoms with E-state index in [4.69, 9.17) is 9.84 Å². The fraction of sp³-hybridized carbons (Fsp3) is 1.00. The van der Waals surface area contributed by atoms with Crippen LogP contribution < -0.4 is 0 Å². The van der Waals surface area contributed by atoms with Crippen molar-refractivity contribution in [1.82, 2.24) is 4.90 Å². The molecule has 90 valence electrons. The number of rotatable bonds is 2.